The van der Waals surface area contributed by atoms with E-state index in [-0.39, 0.29) is 5.91 Å². The van der Waals surface area contributed by atoms with Crippen molar-refractivity contribution < 1.29 is 9.21 Å². The van der Waals surface area contributed by atoms with E-state index >= 15 is 0 Å². The molecule has 0 aliphatic heterocycles. The molecule has 0 spiro atoms. The van der Waals surface area contributed by atoms with Crippen LogP contribution in [0.25, 0.3) is 10.8 Å². The lowest BCUT2D eigenvalue weighted by Crippen LogP contribution is -2.43. The SMILES string of the molecule is CN(CC(=O)N(C)C1CCCCC1)Cc1csc(-c2ccco2)n1. The molecule has 1 amide bonds. The Bertz CT molecular complexity index is 647. The monoisotopic (exact) mass is 347 g/mol. The summed E-state index contributed by atoms with van der Waals surface area (Å²) in [6, 6.07) is 4.20. The van der Waals surface area contributed by atoms with Gasteiger partial charge in [-0.05, 0) is 32.0 Å². The summed E-state index contributed by atoms with van der Waals surface area (Å²) < 4.78 is 5.37. The molecule has 3 rings (SSSR count). The molecule has 5 nitrogen and oxygen atoms in total. The summed E-state index contributed by atoms with van der Waals surface area (Å²) in [6.07, 6.45) is 7.73. The van der Waals surface area contributed by atoms with Crippen molar-refractivity contribution in [2.75, 3.05) is 20.6 Å². The molecule has 1 aliphatic rings. The lowest BCUT2D eigenvalue weighted by atomic mass is 9.94. The number of rotatable bonds is 6. The van der Waals surface area contributed by atoms with Crippen molar-refractivity contribution in [3.63, 3.8) is 0 Å². The second kappa shape index (κ2) is 7.94. The summed E-state index contributed by atoms with van der Waals surface area (Å²) in [5, 5.41) is 2.91. The van der Waals surface area contributed by atoms with Gasteiger partial charge in [0.1, 0.15) is 0 Å². The molecule has 130 valence electrons. The van der Waals surface area contributed by atoms with E-state index in [0.717, 1.165) is 29.3 Å². The molecule has 0 aromatic carbocycles. The van der Waals surface area contributed by atoms with E-state index in [9.17, 15) is 4.79 Å². The highest BCUT2D eigenvalue weighted by Crippen LogP contribution is 2.24. The Kier molecular flexibility index (Phi) is 5.68. The van der Waals surface area contributed by atoms with Crippen LogP contribution in [0.4, 0.5) is 0 Å². The van der Waals surface area contributed by atoms with E-state index in [1.807, 2.05) is 41.4 Å². The molecule has 0 N–H and O–H groups in total. The first-order valence-corrected chi connectivity index (χ1v) is 9.44. The van der Waals surface area contributed by atoms with Gasteiger partial charge >= 0.3 is 0 Å². The van der Waals surface area contributed by atoms with Crippen molar-refractivity contribution in [1.29, 1.82) is 0 Å². The number of hydrogen-bond donors (Lipinski definition) is 0. The fourth-order valence-corrected chi connectivity index (χ4v) is 4.02. The van der Waals surface area contributed by atoms with Gasteiger partial charge in [-0.15, -0.1) is 11.3 Å². The van der Waals surface area contributed by atoms with Gasteiger partial charge in [0.15, 0.2) is 10.8 Å². The molecule has 0 saturated heterocycles. The van der Waals surface area contributed by atoms with Gasteiger partial charge in [0.05, 0.1) is 18.5 Å². The Hall–Kier alpha value is -1.66. The van der Waals surface area contributed by atoms with Gasteiger partial charge in [-0.1, -0.05) is 19.3 Å². The third kappa shape index (κ3) is 4.24. The van der Waals surface area contributed by atoms with Gasteiger partial charge in [0.2, 0.25) is 5.91 Å². The topological polar surface area (TPSA) is 49.6 Å². The van der Waals surface area contributed by atoms with E-state index in [1.165, 1.54) is 19.3 Å². The average Bonchev–Trinajstić information content (AvgIpc) is 3.26. The third-order valence-electron chi connectivity index (χ3n) is 4.64. The summed E-state index contributed by atoms with van der Waals surface area (Å²) in [5.74, 6) is 0.993. The molecule has 1 fully saturated rings. The van der Waals surface area contributed by atoms with Crippen molar-refractivity contribution in [1.82, 2.24) is 14.8 Å². The Morgan fingerprint density at radius 2 is 2.12 bits per heavy atom. The third-order valence-corrected chi connectivity index (χ3v) is 5.54. The molecule has 0 unspecified atom stereocenters. The minimum Gasteiger partial charge on any atom is -0.462 e. The zero-order valence-corrected chi connectivity index (χ0v) is 15.2. The van der Waals surface area contributed by atoms with Crippen LogP contribution in [0, 0.1) is 0 Å². The predicted octanol–water partition coefficient (Wildman–Crippen LogP) is 3.63. The zero-order valence-electron chi connectivity index (χ0n) is 14.4. The van der Waals surface area contributed by atoms with Crippen LogP contribution < -0.4 is 0 Å². The van der Waals surface area contributed by atoms with Crippen LogP contribution in [0.15, 0.2) is 28.2 Å². The molecule has 2 aromatic rings. The average molecular weight is 347 g/mol. The second-order valence-electron chi connectivity index (χ2n) is 6.59. The molecule has 0 atom stereocenters. The minimum absolute atomic E-state index is 0.200. The van der Waals surface area contributed by atoms with Crippen LogP contribution in [-0.2, 0) is 11.3 Å². The minimum atomic E-state index is 0.200. The van der Waals surface area contributed by atoms with Gasteiger partial charge in [0, 0.05) is 25.0 Å². The van der Waals surface area contributed by atoms with Crippen LogP contribution in [0.5, 0.6) is 0 Å². The normalized spacial score (nSPS) is 15.8. The maximum atomic E-state index is 12.5. The van der Waals surface area contributed by atoms with Crippen LogP contribution >= 0.6 is 11.3 Å². The predicted molar refractivity (Wildman–Crippen MR) is 95.8 cm³/mol. The van der Waals surface area contributed by atoms with Gasteiger partial charge in [0.25, 0.3) is 0 Å². The van der Waals surface area contributed by atoms with E-state index in [1.54, 1.807) is 17.6 Å². The zero-order chi connectivity index (χ0) is 16.9. The number of carbonyl (C=O) groups excluding carboxylic acids is 1. The van der Waals surface area contributed by atoms with E-state index < -0.39 is 0 Å². The highest BCUT2D eigenvalue weighted by Gasteiger charge is 2.22. The molecule has 2 aromatic heterocycles. The largest absolute Gasteiger partial charge is 0.462 e. The molecule has 0 bridgehead atoms. The summed E-state index contributed by atoms with van der Waals surface area (Å²) in [7, 11) is 3.92. The maximum absolute atomic E-state index is 12.5. The van der Waals surface area contributed by atoms with Crippen molar-refractivity contribution in [2.24, 2.45) is 0 Å². The molecule has 1 saturated carbocycles. The summed E-state index contributed by atoms with van der Waals surface area (Å²) in [6.45, 7) is 1.10. The Morgan fingerprint density at radius 1 is 1.33 bits per heavy atom. The molecule has 2 heterocycles. The first-order valence-electron chi connectivity index (χ1n) is 8.56. The fraction of sp³-hybridized carbons (Fsp3) is 0.556. The number of nitrogens with zero attached hydrogens (tertiary/aromatic N) is 3. The first kappa shape index (κ1) is 17.2. The van der Waals surface area contributed by atoms with Crippen molar-refractivity contribution >= 4 is 17.2 Å². The quantitative estimate of drug-likeness (QED) is 0.801. The fourth-order valence-electron chi connectivity index (χ4n) is 3.24. The lowest BCUT2D eigenvalue weighted by molar-refractivity contribution is -0.133. The Labute approximate surface area is 147 Å². The van der Waals surface area contributed by atoms with Crippen LogP contribution in [0.1, 0.15) is 37.8 Å². The Morgan fingerprint density at radius 3 is 2.83 bits per heavy atom. The van der Waals surface area contributed by atoms with Crippen LogP contribution in [0.2, 0.25) is 0 Å². The molecule has 0 radical (unpaired) electrons. The Balaban J connectivity index is 1.51. The summed E-state index contributed by atoms with van der Waals surface area (Å²) >= 11 is 1.57. The standard InChI is InChI=1S/C18H25N3O2S/c1-20(12-17(22)21(2)15-7-4-3-5-8-15)11-14-13-24-18(19-14)16-9-6-10-23-16/h6,9-10,13,15H,3-5,7-8,11-12H2,1-2H3. The molecular formula is C18H25N3O2S. The van der Waals surface area contributed by atoms with Crippen LogP contribution in [0.3, 0.4) is 0 Å². The number of thiazole rings is 1. The number of amides is 1. The molecule has 24 heavy (non-hydrogen) atoms. The van der Waals surface area contributed by atoms with Gasteiger partial charge in [-0.25, -0.2) is 4.98 Å². The van der Waals surface area contributed by atoms with E-state index in [4.69, 9.17) is 4.42 Å². The number of carbonyl (C=O) groups is 1. The maximum Gasteiger partial charge on any atom is 0.236 e. The number of hydrogen-bond acceptors (Lipinski definition) is 5. The molecular weight excluding hydrogens is 322 g/mol. The number of aromatic nitrogens is 1. The first-order chi connectivity index (χ1) is 11.6. The highest BCUT2D eigenvalue weighted by molar-refractivity contribution is 7.13. The molecule has 6 heteroatoms. The van der Waals surface area contributed by atoms with Crippen molar-refractivity contribution in [2.45, 2.75) is 44.7 Å². The summed E-state index contributed by atoms with van der Waals surface area (Å²) in [5.41, 5.74) is 0.974. The smallest absolute Gasteiger partial charge is 0.236 e. The lowest BCUT2D eigenvalue weighted by Gasteiger charge is -2.32. The van der Waals surface area contributed by atoms with E-state index in [2.05, 4.69) is 4.98 Å². The summed E-state index contributed by atoms with van der Waals surface area (Å²) in [4.78, 5) is 21.1. The van der Waals surface area contributed by atoms with Gasteiger partial charge in [-0.2, -0.15) is 0 Å². The van der Waals surface area contributed by atoms with Gasteiger partial charge in [-0.3, -0.25) is 9.69 Å². The highest BCUT2D eigenvalue weighted by atomic mass is 32.1. The van der Waals surface area contributed by atoms with Crippen molar-refractivity contribution in [3.05, 3.63) is 29.5 Å². The number of furan rings is 1. The van der Waals surface area contributed by atoms with Crippen LogP contribution in [-0.4, -0.2) is 47.4 Å². The van der Waals surface area contributed by atoms with Crippen molar-refractivity contribution in [3.8, 4) is 10.8 Å². The number of likely N-dealkylation sites (N-methyl/N-ethyl adjacent to an activating group) is 2. The molecule has 1 aliphatic carbocycles. The second-order valence-corrected chi connectivity index (χ2v) is 7.45. The van der Waals surface area contributed by atoms with Gasteiger partial charge < -0.3 is 9.32 Å². The van der Waals surface area contributed by atoms with E-state index in [0.29, 0.717) is 19.1 Å².